The van der Waals surface area contributed by atoms with Gasteiger partial charge in [-0.2, -0.15) is 0 Å². The minimum absolute atomic E-state index is 0.0617. The first-order valence-electron chi connectivity index (χ1n) is 5.43. The quantitative estimate of drug-likeness (QED) is 0.672. The zero-order valence-corrected chi connectivity index (χ0v) is 10.5. The molecule has 0 amide bonds. The van der Waals surface area contributed by atoms with Crippen LogP contribution >= 0.6 is 11.8 Å². The summed E-state index contributed by atoms with van der Waals surface area (Å²) in [6.45, 7) is 8.67. The van der Waals surface area contributed by atoms with E-state index in [9.17, 15) is 0 Å². The number of unbranched alkanes of at least 4 members (excludes halogenated alkanes) is 1. The third-order valence-corrected chi connectivity index (χ3v) is 3.13. The Labute approximate surface area is 91.5 Å². The van der Waals surface area contributed by atoms with Crippen LogP contribution in [0.15, 0.2) is 4.99 Å². The van der Waals surface area contributed by atoms with Crippen molar-refractivity contribution in [1.82, 2.24) is 0 Å². The summed E-state index contributed by atoms with van der Waals surface area (Å²) in [5, 5.41) is 0.891. The fourth-order valence-corrected chi connectivity index (χ4v) is 2.76. The van der Waals surface area contributed by atoms with Crippen LogP contribution in [-0.2, 0) is 4.74 Å². The van der Waals surface area contributed by atoms with E-state index < -0.39 is 0 Å². The highest BCUT2D eigenvalue weighted by Gasteiger charge is 2.27. The molecule has 0 radical (unpaired) electrons. The van der Waals surface area contributed by atoms with Gasteiger partial charge in [0, 0.05) is 12.2 Å². The van der Waals surface area contributed by atoms with Crippen LogP contribution in [0.25, 0.3) is 0 Å². The van der Waals surface area contributed by atoms with Gasteiger partial charge in [0.15, 0.2) is 0 Å². The lowest BCUT2D eigenvalue weighted by Crippen LogP contribution is -2.32. The smallest absolute Gasteiger partial charge is 0.246 e. The van der Waals surface area contributed by atoms with Crippen LogP contribution in [0.1, 0.15) is 47.0 Å². The van der Waals surface area contributed by atoms with Crippen molar-refractivity contribution in [2.75, 3.05) is 5.75 Å². The van der Waals surface area contributed by atoms with Gasteiger partial charge in [-0.3, -0.25) is 0 Å². The first kappa shape index (κ1) is 11.9. The van der Waals surface area contributed by atoms with E-state index >= 15 is 0 Å². The lowest BCUT2D eigenvalue weighted by Gasteiger charge is -2.31. The molecule has 1 rings (SSSR count). The Bertz CT molecular complexity index is 213. The van der Waals surface area contributed by atoms with Crippen LogP contribution in [0.4, 0.5) is 0 Å². The average molecular weight is 215 g/mol. The molecule has 0 saturated heterocycles. The first-order chi connectivity index (χ1) is 6.53. The highest BCUT2D eigenvalue weighted by molar-refractivity contribution is 8.13. The Balaban J connectivity index is 2.46. The van der Waals surface area contributed by atoms with Gasteiger partial charge in [-0.25, -0.2) is 4.99 Å². The highest BCUT2D eigenvalue weighted by atomic mass is 32.2. The molecule has 0 aliphatic carbocycles. The first-order valence-corrected chi connectivity index (χ1v) is 6.41. The van der Waals surface area contributed by atoms with E-state index in [0.29, 0.717) is 6.10 Å². The third-order valence-electron chi connectivity index (χ3n) is 2.21. The van der Waals surface area contributed by atoms with Crippen LogP contribution in [0, 0.1) is 0 Å². The molecule has 3 heteroatoms. The summed E-state index contributed by atoms with van der Waals surface area (Å²) in [6.07, 6.45) is 3.80. The number of thioether (sulfide) groups is 1. The van der Waals surface area contributed by atoms with Crippen molar-refractivity contribution in [2.24, 2.45) is 4.99 Å². The summed E-state index contributed by atoms with van der Waals surface area (Å²) < 4.78 is 5.68. The maximum Gasteiger partial charge on any atom is 0.246 e. The summed E-state index contributed by atoms with van der Waals surface area (Å²) in [4.78, 5) is 4.59. The predicted octanol–water partition coefficient (Wildman–Crippen LogP) is 3.46. The van der Waals surface area contributed by atoms with Crippen LogP contribution in [-0.4, -0.2) is 22.6 Å². The third kappa shape index (κ3) is 3.91. The molecule has 0 aromatic carbocycles. The molecular weight excluding hydrogens is 194 g/mol. The van der Waals surface area contributed by atoms with Crippen molar-refractivity contribution < 1.29 is 4.74 Å². The van der Waals surface area contributed by atoms with Gasteiger partial charge in [0.2, 0.25) is 5.23 Å². The molecule has 2 nitrogen and oxygen atoms in total. The van der Waals surface area contributed by atoms with E-state index in [4.69, 9.17) is 4.74 Å². The molecule has 1 heterocycles. The van der Waals surface area contributed by atoms with Gasteiger partial charge in [-0.1, -0.05) is 25.1 Å². The molecule has 0 unspecified atom stereocenters. The van der Waals surface area contributed by atoms with E-state index in [1.54, 1.807) is 11.8 Å². The summed E-state index contributed by atoms with van der Waals surface area (Å²) >= 11 is 1.76. The van der Waals surface area contributed by atoms with Gasteiger partial charge < -0.3 is 4.74 Å². The standard InChI is InChI=1S/C11H21NOS/c1-5-6-7-14-10-12-11(3,4)8-9(2)13-10/h9H,5-8H2,1-4H3/t9-/m1/s1. The molecule has 82 valence electrons. The molecular formula is C11H21NOS. The molecule has 1 atom stereocenters. The number of ether oxygens (including phenoxy) is 1. The minimum Gasteiger partial charge on any atom is -0.470 e. The van der Waals surface area contributed by atoms with E-state index in [-0.39, 0.29) is 5.54 Å². The molecule has 0 aromatic heterocycles. The zero-order valence-electron chi connectivity index (χ0n) is 9.67. The fraction of sp³-hybridized carbons (Fsp3) is 0.909. The van der Waals surface area contributed by atoms with E-state index in [2.05, 4.69) is 32.7 Å². The van der Waals surface area contributed by atoms with Crippen LogP contribution in [0.2, 0.25) is 0 Å². The fourth-order valence-electron chi connectivity index (χ4n) is 1.61. The Hall–Kier alpha value is -0.180. The lowest BCUT2D eigenvalue weighted by molar-refractivity contribution is 0.152. The van der Waals surface area contributed by atoms with Crippen molar-refractivity contribution in [3.63, 3.8) is 0 Å². The average Bonchev–Trinajstić information content (AvgIpc) is 2.00. The summed E-state index contributed by atoms with van der Waals surface area (Å²) in [5.41, 5.74) is 0.0617. The molecule has 1 aliphatic rings. The topological polar surface area (TPSA) is 21.6 Å². The largest absolute Gasteiger partial charge is 0.470 e. The van der Waals surface area contributed by atoms with Crippen molar-refractivity contribution >= 4 is 17.0 Å². The molecule has 0 fully saturated rings. The monoisotopic (exact) mass is 215 g/mol. The maximum absolute atomic E-state index is 5.68. The molecule has 0 bridgehead atoms. The van der Waals surface area contributed by atoms with Crippen LogP contribution in [0.3, 0.4) is 0 Å². The normalized spacial score (nSPS) is 25.4. The molecule has 0 saturated carbocycles. The van der Waals surface area contributed by atoms with E-state index in [0.717, 1.165) is 17.4 Å². The second-order valence-electron chi connectivity index (χ2n) is 4.52. The Morgan fingerprint density at radius 1 is 1.57 bits per heavy atom. The van der Waals surface area contributed by atoms with Crippen molar-refractivity contribution in [3.05, 3.63) is 0 Å². The number of aliphatic imine (C=N–C) groups is 1. The summed E-state index contributed by atoms with van der Waals surface area (Å²) in [5.74, 6) is 1.12. The highest BCUT2D eigenvalue weighted by Crippen LogP contribution is 2.27. The number of nitrogens with zero attached hydrogens (tertiary/aromatic N) is 1. The molecule has 1 aliphatic heterocycles. The maximum atomic E-state index is 5.68. The second-order valence-corrected chi connectivity index (χ2v) is 5.57. The van der Waals surface area contributed by atoms with Gasteiger partial charge in [0.1, 0.15) is 6.10 Å². The summed E-state index contributed by atoms with van der Waals surface area (Å²) in [6, 6.07) is 0. The predicted molar refractivity (Wildman–Crippen MR) is 64.0 cm³/mol. The number of hydrogen-bond acceptors (Lipinski definition) is 3. The Morgan fingerprint density at radius 3 is 2.86 bits per heavy atom. The molecule has 0 spiro atoms. The van der Waals surface area contributed by atoms with E-state index in [1.807, 2.05) is 0 Å². The van der Waals surface area contributed by atoms with Gasteiger partial charge >= 0.3 is 0 Å². The van der Waals surface area contributed by atoms with Gasteiger partial charge in [0.05, 0.1) is 5.54 Å². The van der Waals surface area contributed by atoms with Gasteiger partial charge in [-0.05, 0) is 27.2 Å². The van der Waals surface area contributed by atoms with Crippen molar-refractivity contribution in [2.45, 2.75) is 58.6 Å². The molecule has 14 heavy (non-hydrogen) atoms. The van der Waals surface area contributed by atoms with Crippen molar-refractivity contribution in [1.29, 1.82) is 0 Å². The van der Waals surface area contributed by atoms with Crippen LogP contribution < -0.4 is 0 Å². The molecule has 0 aromatic rings. The lowest BCUT2D eigenvalue weighted by atomic mass is 9.98. The van der Waals surface area contributed by atoms with E-state index in [1.165, 1.54) is 12.8 Å². The number of rotatable bonds is 3. The Morgan fingerprint density at radius 2 is 2.29 bits per heavy atom. The second kappa shape index (κ2) is 5.06. The molecule has 0 N–H and O–H groups in total. The number of hydrogen-bond donors (Lipinski definition) is 0. The van der Waals surface area contributed by atoms with Gasteiger partial charge in [-0.15, -0.1) is 0 Å². The van der Waals surface area contributed by atoms with Crippen molar-refractivity contribution in [3.8, 4) is 0 Å². The Kier molecular flexibility index (Phi) is 4.30. The minimum atomic E-state index is 0.0617. The van der Waals surface area contributed by atoms with Gasteiger partial charge in [0.25, 0.3) is 0 Å². The zero-order chi connectivity index (χ0) is 10.6. The SMILES string of the molecule is CCCCSC1=NC(C)(C)C[C@@H](C)O1. The summed E-state index contributed by atoms with van der Waals surface area (Å²) in [7, 11) is 0. The van der Waals surface area contributed by atoms with Crippen LogP contribution in [0.5, 0.6) is 0 Å².